The van der Waals surface area contributed by atoms with E-state index < -0.39 is 11.7 Å². The van der Waals surface area contributed by atoms with Crippen molar-refractivity contribution in [2.75, 3.05) is 11.5 Å². The van der Waals surface area contributed by atoms with Crippen molar-refractivity contribution < 1.29 is 13.2 Å². The number of rotatable bonds is 6. The van der Waals surface area contributed by atoms with Gasteiger partial charge in [0.1, 0.15) is 0 Å². The molecule has 1 aromatic heterocycles. The average Bonchev–Trinajstić information content (AvgIpc) is 2.79. The lowest BCUT2D eigenvalue weighted by Crippen LogP contribution is -2.22. The largest absolute Gasteiger partial charge is 0.416 e. The number of halogens is 3. The number of thioether (sulfide) groups is 2. The van der Waals surface area contributed by atoms with E-state index in [0.29, 0.717) is 32.5 Å². The van der Waals surface area contributed by atoms with Crippen LogP contribution in [0.4, 0.5) is 13.2 Å². The highest BCUT2D eigenvalue weighted by Gasteiger charge is 2.30. The molecule has 4 rings (SSSR count). The number of para-hydroxylation sites is 1. The minimum atomic E-state index is -4.36. The monoisotopic (exact) mass is 486 g/mol. The molecule has 0 radical (unpaired) electrons. The lowest BCUT2D eigenvalue weighted by Gasteiger charge is -2.16. The van der Waals surface area contributed by atoms with Crippen LogP contribution in [0.3, 0.4) is 0 Å². The van der Waals surface area contributed by atoms with E-state index >= 15 is 0 Å². The average molecular weight is 487 g/mol. The summed E-state index contributed by atoms with van der Waals surface area (Å²) in [6, 6.07) is 18.4. The predicted molar refractivity (Wildman–Crippen MR) is 130 cm³/mol. The second kappa shape index (κ2) is 9.65. The lowest BCUT2D eigenvalue weighted by atomic mass is 10.1. The van der Waals surface area contributed by atoms with Crippen molar-refractivity contribution in [3.05, 3.63) is 93.8 Å². The summed E-state index contributed by atoms with van der Waals surface area (Å²) < 4.78 is 40.5. The molecule has 0 aliphatic heterocycles. The summed E-state index contributed by atoms with van der Waals surface area (Å²) in [5, 5.41) is 1.11. The number of aryl methyl sites for hydroxylation is 1. The summed E-state index contributed by atoms with van der Waals surface area (Å²) in [4.78, 5) is 18.7. The first-order chi connectivity index (χ1) is 15.8. The van der Waals surface area contributed by atoms with Crippen molar-refractivity contribution in [1.82, 2.24) is 9.55 Å². The van der Waals surface area contributed by atoms with Gasteiger partial charge in [-0.3, -0.25) is 9.36 Å². The molecule has 0 saturated heterocycles. The Morgan fingerprint density at radius 2 is 1.64 bits per heavy atom. The third kappa shape index (κ3) is 5.12. The van der Waals surface area contributed by atoms with Gasteiger partial charge in [-0.1, -0.05) is 42.1 Å². The third-order valence-electron chi connectivity index (χ3n) is 5.31. The number of nitrogens with zero attached hydrogens (tertiary/aromatic N) is 2. The van der Waals surface area contributed by atoms with E-state index in [1.54, 1.807) is 16.7 Å². The third-order valence-corrected chi connectivity index (χ3v) is 7.50. The first kappa shape index (κ1) is 23.4. The van der Waals surface area contributed by atoms with E-state index in [4.69, 9.17) is 4.98 Å². The van der Waals surface area contributed by atoms with E-state index in [0.717, 1.165) is 28.9 Å². The molecular weight excluding hydrogens is 465 g/mol. The highest BCUT2D eigenvalue weighted by atomic mass is 32.2. The van der Waals surface area contributed by atoms with Crippen LogP contribution in [0.15, 0.2) is 81.6 Å². The van der Waals surface area contributed by atoms with Crippen LogP contribution in [-0.2, 0) is 6.18 Å². The molecule has 8 heteroatoms. The molecule has 0 spiro atoms. The maximum Gasteiger partial charge on any atom is 0.416 e. The topological polar surface area (TPSA) is 34.9 Å². The second-order valence-electron chi connectivity index (χ2n) is 7.49. The van der Waals surface area contributed by atoms with Crippen molar-refractivity contribution >= 4 is 34.4 Å². The molecule has 1 heterocycles. The van der Waals surface area contributed by atoms with E-state index in [9.17, 15) is 18.0 Å². The highest BCUT2D eigenvalue weighted by molar-refractivity contribution is 8.02. The maximum atomic E-state index is 13.4. The van der Waals surface area contributed by atoms with Crippen LogP contribution in [0.5, 0.6) is 0 Å². The Bertz CT molecular complexity index is 1370. The number of hydrogen-bond acceptors (Lipinski definition) is 4. The van der Waals surface area contributed by atoms with Crippen molar-refractivity contribution in [2.45, 2.75) is 30.1 Å². The highest BCUT2D eigenvalue weighted by Crippen LogP contribution is 2.32. The summed E-state index contributed by atoms with van der Waals surface area (Å²) in [5.41, 5.74) is 2.69. The molecule has 0 fully saturated rings. The molecule has 0 unspecified atom stereocenters. The molecule has 0 N–H and O–H groups in total. The molecule has 0 aliphatic carbocycles. The van der Waals surface area contributed by atoms with Crippen LogP contribution in [0.2, 0.25) is 0 Å². The summed E-state index contributed by atoms with van der Waals surface area (Å²) in [6.07, 6.45) is -4.36. The molecule has 3 nitrogen and oxygen atoms in total. The second-order valence-corrected chi connectivity index (χ2v) is 9.72. The molecule has 0 saturated carbocycles. The first-order valence-electron chi connectivity index (χ1n) is 10.3. The molecule has 33 heavy (non-hydrogen) atoms. The summed E-state index contributed by atoms with van der Waals surface area (Å²) >= 11 is 2.77. The number of alkyl halides is 3. The molecule has 0 amide bonds. The predicted octanol–water partition coefficient (Wildman–Crippen LogP) is 6.91. The van der Waals surface area contributed by atoms with E-state index in [1.807, 2.05) is 50.2 Å². The van der Waals surface area contributed by atoms with Gasteiger partial charge < -0.3 is 0 Å². The van der Waals surface area contributed by atoms with Gasteiger partial charge in [-0.25, -0.2) is 4.98 Å². The molecular formula is C25H21F3N2OS2. The minimum absolute atomic E-state index is 0.137. The van der Waals surface area contributed by atoms with Crippen molar-refractivity contribution in [3.8, 4) is 5.69 Å². The maximum absolute atomic E-state index is 13.4. The lowest BCUT2D eigenvalue weighted by molar-refractivity contribution is -0.137. The van der Waals surface area contributed by atoms with Crippen molar-refractivity contribution in [3.63, 3.8) is 0 Å². The zero-order valence-corrected chi connectivity index (χ0v) is 19.7. The number of fused-ring (bicyclic) bond motifs is 1. The van der Waals surface area contributed by atoms with Gasteiger partial charge >= 0.3 is 6.18 Å². The van der Waals surface area contributed by atoms with Crippen LogP contribution >= 0.6 is 23.5 Å². The number of hydrogen-bond donors (Lipinski definition) is 0. The normalized spacial score (nSPS) is 11.8. The molecule has 0 bridgehead atoms. The van der Waals surface area contributed by atoms with Crippen molar-refractivity contribution in [1.29, 1.82) is 0 Å². The first-order valence-corrected chi connectivity index (χ1v) is 12.2. The van der Waals surface area contributed by atoms with Gasteiger partial charge in [0.05, 0.1) is 22.2 Å². The van der Waals surface area contributed by atoms with Gasteiger partial charge in [-0.2, -0.15) is 13.2 Å². The van der Waals surface area contributed by atoms with Gasteiger partial charge in [0, 0.05) is 16.4 Å². The van der Waals surface area contributed by atoms with Crippen LogP contribution in [0.25, 0.3) is 16.6 Å². The SMILES string of the molecule is Cc1cccc(-n2c(SCCSc3cccc(C(F)(F)F)c3)nc3ccccc3c2=O)c1C. The Hall–Kier alpha value is -2.71. The summed E-state index contributed by atoms with van der Waals surface area (Å²) in [6.45, 7) is 3.97. The van der Waals surface area contributed by atoms with Gasteiger partial charge in [-0.05, 0) is 61.4 Å². The van der Waals surface area contributed by atoms with Crippen LogP contribution in [0.1, 0.15) is 16.7 Å². The smallest absolute Gasteiger partial charge is 0.268 e. The van der Waals surface area contributed by atoms with Gasteiger partial charge in [0.25, 0.3) is 5.56 Å². The summed E-state index contributed by atoms with van der Waals surface area (Å²) in [5.74, 6) is 1.15. The van der Waals surface area contributed by atoms with E-state index in [-0.39, 0.29) is 5.56 Å². The number of benzene rings is 3. The van der Waals surface area contributed by atoms with Crippen LogP contribution < -0.4 is 5.56 Å². The Morgan fingerprint density at radius 3 is 2.42 bits per heavy atom. The Morgan fingerprint density at radius 1 is 0.909 bits per heavy atom. The molecule has 3 aromatic carbocycles. The van der Waals surface area contributed by atoms with Crippen LogP contribution in [0, 0.1) is 13.8 Å². The number of aromatic nitrogens is 2. The standard InChI is InChI=1S/C25H21F3N2OS2/c1-16-7-5-12-22(17(16)2)30-23(31)20-10-3-4-11-21(20)29-24(30)33-14-13-32-19-9-6-8-18(15-19)25(26,27)28/h3-12,15H,13-14H2,1-2H3. The quantitative estimate of drug-likeness (QED) is 0.169. The van der Waals surface area contributed by atoms with Gasteiger partial charge in [0.2, 0.25) is 0 Å². The molecule has 170 valence electrons. The Kier molecular flexibility index (Phi) is 6.86. The fourth-order valence-electron chi connectivity index (χ4n) is 3.45. The van der Waals surface area contributed by atoms with Gasteiger partial charge in [0.15, 0.2) is 5.16 Å². The van der Waals surface area contributed by atoms with E-state index in [2.05, 4.69) is 0 Å². The van der Waals surface area contributed by atoms with Gasteiger partial charge in [-0.15, -0.1) is 11.8 Å². The molecule has 0 atom stereocenters. The zero-order chi connectivity index (χ0) is 23.6. The molecule has 0 aliphatic rings. The molecule has 4 aromatic rings. The van der Waals surface area contributed by atoms with Crippen molar-refractivity contribution in [2.24, 2.45) is 0 Å². The minimum Gasteiger partial charge on any atom is -0.268 e. The fourth-order valence-corrected chi connectivity index (χ4v) is 5.40. The summed E-state index contributed by atoms with van der Waals surface area (Å²) in [7, 11) is 0. The Balaban J connectivity index is 1.61. The van der Waals surface area contributed by atoms with E-state index in [1.165, 1.54) is 29.6 Å². The fraction of sp³-hybridized carbons (Fsp3) is 0.200. The zero-order valence-electron chi connectivity index (χ0n) is 18.0. The Labute approximate surface area is 198 Å². The van der Waals surface area contributed by atoms with Crippen LogP contribution in [-0.4, -0.2) is 21.1 Å².